The van der Waals surface area contributed by atoms with Gasteiger partial charge in [-0.1, -0.05) is 18.2 Å². The van der Waals surface area contributed by atoms with Crippen LogP contribution in [0.2, 0.25) is 0 Å². The standard InChI is InChI=1S/C14H14O2/c1-9-5-4-6-10(2)13(9)14(15)12-8-7-11(3)16-12/h4-8H,1-3H3. The Morgan fingerprint density at radius 1 is 1.00 bits per heavy atom. The van der Waals surface area contributed by atoms with E-state index in [1.54, 1.807) is 12.1 Å². The number of benzene rings is 1. The minimum atomic E-state index is -0.0382. The highest BCUT2D eigenvalue weighted by molar-refractivity contribution is 6.09. The van der Waals surface area contributed by atoms with E-state index in [-0.39, 0.29) is 5.78 Å². The van der Waals surface area contributed by atoms with E-state index in [1.807, 2.05) is 39.0 Å². The van der Waals surface area contributed by atoms with Gasteiger partial charge in [-0.3, -0.25) is 4.79 Å². The third-order valence-corrected chi connectivity index (χ3v) is 2.67. The fraction of sp³-hybridized carbons (Fsp3) is 0.214. The summed E-state index contributed by atoms with van der Waals surface area (Å²) in [4.78, 5) is 12.2. The van der Waals surface area contributed by atoms with Crippen molar-refractivity contribution >= 4 is 5.78 Å². The molecule has 1 aromatic heterocycles. The maximum atomic E-state index is 12.2. The number of carbonyl (C=O) groups excluding carboxylic acids is 1. The van der Waals surface area contributed by atoms with Crippen LogP contribution < -0.4 is 0 Å². The average molecular weight is 214 g/mol. The van der Waals surface area contributed by atoms with Crippen LogP contribution in [0.4, 0.5) is 0 Å². The molecule has 0 spiro atoms. The third kappa shape index (κ3) is 1.78. The van der Waals surface area contributed by atoms with Gasteiger partial charge in [0.15, 0.2) is 5.76 Å². The van der Waals surface area contributed by atoms with Crippen molar-refractivity contribution in [3.8, 4) is 0 Å². The molecule has 16 heavy (non-hydrogen) atoms. The second kappa shape index (κ2) is 3.97. The summed E-state index contributed by atoms with van der Waals surface area (Å²) in [6, 6.07) is 9.37. The average Bonchev–Trinajstić information content (AvgIpc) is 2.64. The zero-order chi connectivity index (χ0) is 11.7. The predicted molar refractivity (Wildman–Crippen MR) is 62.8 cm³/mol. The van der Waals surface area contributed by atoms with Crippen LogP contribution in [0.25, 0.3) is 0 Å². The Balaban J connectivity index is 2.49. The molecule has 2 aromatic rings. The second-order valence-electron chi connectivity index (χ2n) is 4.01. The van der Waals surface area contributed by atoms with Crippen molar-refractivity contribution < 1.29 is 9.21 Å². The molecular weight excluding hydrogens is 200 g/mol. The molecule has 0 bridgehead atoms. The molecule has 0 saturated carbocycles. The van der Waals surface area contributed by atoms with Gasteiger partial charge in [0.2, 0.25) is 5.78 Å². The summed E-state index contributed by atoms with van der Waals surface area (Å²) in [6.07, 6.45) is 0. The lowest BCUT2D eigenvalue weighted by Crippen LogP contribution is -2.04. The maximum Gasteiger partial charge on any atom is 0.228 e. The zero-order valence-corrected chi connectivity index (χ0v) is 9.70. The lowest BCUT2D eigenvalue weighted by Gasteiger charge is -2.06. The highest BCUT2D eigenvalue weighted by atomic mass is 16.3. The summed E-state index contributed by atoms with van der Waals surface area (Å²) in [5, 5.41) is 0. The molecule has 1 aromatic carbocycles. The summed E-state index contributed by atoms with van der Waals surface area (Å²) in [5.74, 6) is 1.13. The molecule has 0 N–H and O–H groups in total. The van der Waals surface area contributed by atoms with Gasteiger partial charge in [0.25, 0.3) is 0 Å². The Kier molecular flexibility index (Phi) is 2.65. The van der Waals surface area contributed by atoms with Crippen LogP contribution in [0.5, 0.6) is 0 Å². The Bertz CT molecular complexity index is 515. The molecule has 2 heteroatoms. The molecule has 0 aliphatic carbocycles. The second-order valence-corrected chi connectivity index (χ2v) is 4.01. The van der Waals surface area contributed by atoms with Crippen molar-refractivity contribution in [2.24, 2.45) is 0 Å². The molecule has 0 aliphatic heterocycles. The highest BCUT2D eigenvalue weighted by Crippen LogP contribution is 2.19. The van der Waals surface area contributed by atoms with Gasteiger partial charge in [-0.25, -0.2) is 0 Å². The predicted octanol–water partition coefficient (Wildman–Crippen LogP) is 3.44. The fourth-order valence-corrected chi connectivity index (χ4v) is 1.85. The first-order valence-electron chi connectivity index (χ1n) is 5.27. The van der Waals surface area contributed by atoms with E-state index >= 15 is 0 Å². The van der Waals surface area contributed by atoms with E-state index in [1.165, 1.54) is 0 Å². The summed E-state index contributed by atoms with van der Waals surface area (Å²) in [7, 11) is 0. The lowest BCUT2D eigenvalue weighted by atomic mass is 9.98. The fourth-order valence-electron chi connectivity index (χ4n) is 1.85. The highest BCUT2D eigenvalue weighted by Gasteiger charge is 2.16. The normalized spacial score (nSPS) is 10.4. The molecule has 0 saturated heterocycles. The van der Waals surface area contributed by atoms with E-state index < -0.39 is 0 Å². The van der Waals surface area contributed by atoms with E-state index in [0.29, 0.717) is 5.76 Å². The lowest BCUT2D eigenvalue weighted by molar-refractivity contribution is 0.101. The van der Waals surface area contributed by atoms with Gasteiger partial charge in [0.05, 0.1) is 0 Å². The molecule has 0 unspecified atom stereocenters. The number of furan rings is 1. The molecular formula is C14H14O2. The number of ketones is 1. The minimum absolute atomic E-state index is 0.0382. The van der Waals surface area contributed by atoms with Gasteiger partial charge in [0, 0.05) is 5.56 Å². The van der Waals surface area contributed by atoms with Gasteiger partial charge in [0.1, 0.15) is 5.76 Å². The minimum Gasteiger partial charge on any atom is -0.458 e. The molecule has 2 nitrogen and oxygen atoms in total. The quantitative estimate of drug-likeness (QED) is 0.717. The first kappa shape index (κ1) is 10.7. The molecule has 0 amide bonds. The Morgan fingerprint density at radius 2 is 1.62 bits per heavy atom. The topological polar surface area (TPSA) is 30.2 Å². The molecule has 0 fully saturated rings. The van der Waals surface area contributed by atoms with Crippen LogP contribution in [0.3, 0.4) is 0 Å². The summed E-state index contributed by atoms with van der Waals surface area (Å²) >= 11 is 0. The van der Waals surface area contributed by atoms with Gasteiger partial charge in [-0.05, 0) is 44.0 Å². The number of aryl methyl sites for hydroxylation is 3. The van der Waals surface area contributed by atoms with E-state index in [0.717, 1.165) is 22.5 Å². The Hall–Kier alpha value is -1.83. The van der Waals surface area contributed by atoms with Crippen molar-refractivity contribution in [1.82, 2.24) is 0 Å². The van der Waals surface area contributed by atoms with Gasteiger partial charge in [-0.2, -0.15) is 0 Å². The molecule has 1 heterocycles. The van der Waals surface area contributed by atoms with Gasteiger partial charge >= 0.3 is 0 Å². The molecule has 0 atom stereocenters. The summed E-state index contributed by atoms with van der Waals surface area (Å²) in [5.41, 5.74) is 2.72. The van der Waals surface area contributed by atoms with E-state index in [9.17, 15) is 4.79 Å². The first-order valence-corrected chi connectivity index (χ1v) is 5.27. The van der Waals surface area contributed by atoms with Crippen molar-refractivity contribution in [2.45, 2.75) is 20.8 Å². The van der Waals surface area contributed by atoms with Crippen LogP contribution in [0.15, 0.2) is 34.7 Å². The molecule has 2 rings (SSSR count). The molecule has 0 radical (unpaired) electrons. The van der Waals surface area contributed by atoms with Crippen molar-refractivity contribution in [2.75, 3.05) is 0 Å². The third-order valence-electron chi connectivity index (χ3n) is 2.67. The Labute approximate surface area is 94.9 Å². The molecule has 82 valence electrons. The molecule has 0 aliphatic rings. The number of hydrogen-bond acceptors (Lipinski definition) is 2. The monoisotopic (exact) mass is 214 g/mol. The van der Waals surface area contributed by atoms with E-state index in [2.05, 4.69) is 0 Å². The van der Waals surface area contributed by atoms with Crippen LogP contribution >= 0.6 is 0 Å². The SMILES string of the molecule is Cc1ccc(C(=O)c2c(C)cccc2C)o1. The largest absolute Gasteiger partial charge is 0.458 e. The first-order chi connectivity index (χ1) is 7.59. The summed E-state index contributed by atoms with van der Waals surface area (Å²) in [6.45, 7) is 5.72. The van der Waals surface area contributed by atoms with Gasteiger partial charge in [-0.15, -0.1) is 0 Å². The number of rotatable bonds is 2. The maximum absolute atomic E-state index is 12.2. The van der Waals surface area contributed by atoms with Crippen molar-refractivity contribution in [3.05, 3.63) is 58.5 Å². The smallest absolute Gasteiger partial charge is 0.228 e. The van der Waals surface area contributed by atoms with Crippen LogP contribution in [-0.2, 0) is 0 Å². The summed E-state index contributed by atoms with van der Waals surface area (Å²) < 4.78 is 5.36. The van der Waals surface area contributed by atoms with Crippen LogP contribution in [-0.4, -0.2) is 5.78 Å². The Morgan fingerprint density at radius 3 is 2.12 bits per heavy atom. The number of hydrogen-bond donors (Lipinski definition) is 0. The number of carbonyl (C=O) groups is 1. The van der Waals surface area contributed by atoms with Gasteiger partial charge < -0.3 is 4.42 Å². The van der Waals surface area contributed by atoms with Crippen LogP contribution in [0.1, 0.15) is 33.0 Å². The van der Waals surface area contributed by atoms with E-state index in [4.69, 9.17) is 4.42 Å². The van der Waals surface area contributed by atoms with Crippen LogP contribution in [0, 0.1) is 20.8 Å². The van der Waals surface area contributed by atoms with Crippen molar-refractivity contribution in [1.29, 1.82) is 0 Å². The zero-order valence-electron chi connectivity index (χ0n) is 9.70. The van der Waals surface area contributed by atoms with Crippen molar-refractivity contribution in [3.63, 3.8) is 0 Å².